The van der Waals surface area contributed by atoms with Crippen molar-refractivity contribution >= 4 is 43.5 Å². The van der Waals surface area contributed by atoms with Crippen LogP contribution in [0.5, 0.6) is 11.5 Å². The van der Waals surface area contributed by atoms with Crippen LogP contribution in [0.2, 0.25) is 0 Å². The van der Waals surface area contributed by atoms with Gasteiger partial charge in [-0.25, -0.2) is 8.42 Å². The molecule has 2 aromatic carbocycles. The first-order chi connectivity index (χ1) is 18.0. The van der Waals surface area contributed by atoms with Gasteiger partial charge in [0, 0.05) is 23.1 Å². The van der Waals surface area contributed by atoms with E-state index in [1.807, 2.05) is 24.3 Å². The second-order valence-corrected chi connectivity index (χ2v) is 12.3. The first-order valence-corrected chi connectivity index (χ1v) is 15.2. The molecule has 38 heavy (non-hydrogen) atoms. The summed E-state index contributed by atoms with van der Waals surface area (Å²) in [5.74, 6) is -0.0434. The molecule has 0 aromatic heterocycles. The SMILES string of the molecule is COc1ccc(N(CC(=O)N(Cc2ccc(Br)cc2)[C@@H](C)C(=O)NC2CCCCC2)S(C)(=O)=O)c(OC)c1. The highest BCUT2D eigenvalue weighted by Crippen LogP contribution is 2.33. The van der Waals surface area contributed by atoms with Crippen LogP contribution < -0.4 is 19.1 Å². The molecule has 0 heterocycles. The molecule has 11 heteroatoms. The van der Waals surface area contributed by atoms with E-state index in [9.17, 15) is 18.0 Å². The van der Waals surface area contributed by atoms with Crippen molar-refractivity contribution in [1.29, 1.82) is 0 Å². The van der Waals surface area contributed by atoms with Gasteiger partial charge in [-0.2, -0.15) is 0 Å². The number of nitrogens with zero attached hydrogens (tertiary/aromatic N) is 2. The second-order valence-electron chi connectivity index (χ2n) is 9.48. The molecule has 0 spiro atoms. The molecule has 1 aliphatic carbocycles. The van der Waals surface area contributed by atoms with Crippen molar-refractivity contribution in [3.05, 3.63) is 52.5 Å². The maximum atomic E-state index is 13.8. The van der Waals surface area contributed by atoms with Crippen molar-refractivity contribution in [1.82, 2.24) is 10.2 Å². The van der Waals surface area contributed by atoms with Gasteiger partial charge in [0.05, 0.1) is 26.2 Å². The fourth-order valence-corrected chi connectivity index (χ4v) is 5.64. The topological polar surface area (TPSA) is 105 Å². The molecule has 3 rings (SSSR count). The summed E-state index contributed by atoms with van der Waals surface area (Å²) >= 11 is 3.41. The summed E-state index contributed by atoms with van der Waals surface area (Å²) in [7, 11) is -0.981. The Morgan fingerprint density at radius 3 is 2.29 bits per heavy atom. The fourth-order valence-electron chi connectivity index (χ4n) is 4.52. The Labute approximate surface area is 233 Å². The lowest BCUT2D eigenvalue weighted by Crippen LogP contribution is -2.53. The van der Waals surface area contributed by atoms with Gasteiger partial charge in [0.2, 0.25) is 21.8 Å². The standard InChI is InChI=1S/C27H36BrN3O6S/c1-19(27(33)29-22-8-6-5-7-9-22)30(17-20-10-12-21(28)13-11-20)26(32)18-31(38(4,34)35)24-15-14-23(36-2)16-25(24)37-3/h10-16,19,22H,5-9,17-18H2,1-4H3,(H,29,33)/t19-/m0/s1. The van der Waals surface area contributed by atoms with Gasteiger partial charge in [0.1, 0.15) is 24.1 Å². The van der Waals surface area contributed by atoms with Gasteiger partial charge in [0.25, 0.3) is 0 Å². The van der Waals surface area contributed by atoms with E-state index < -0.39 is 28.5 Å². The van der Waals surface area contributed by atoms with Crippen LogP contribution in [-0.2, 0) is 26.2 Å². The molecule has 2 amide bonds. The van der Waals surface area contributed by atoms with Crippen molar-refractivity contribution in [3.63, 3.8) is 0 Å². The van der Waals surface area contributed by atoms with Gasteiger partial charge in [0.15, 0.2) is 0 Å². The van der Waals surface area contributed by atoms with Crippen molar-refractivity contribution in [2.24, 2.45) is 0 Å². The normalized spacial score (nSPS) is 14.9. The van der Waals surface area contributed by atoms with Crippen LogP contribution in [0.3, 0.4) is 0 Å². The average Bonchev–Trinajstić information content (AvgIpc) is 2.90. The van der Waals surface area contributed by atoms with Crippen LogP contribution in [0, 0.1) is 0 Å². The van der Waals surface area contributed by atoms with Crippen LogP contribution in [0.25, 0.3) is 0 Å². The first-order valence-electron chi connectivity index (χ1n) is 12.6. The van der Waals surface area contributed by atoms with Crippen LogP contribution in [0.15, 0.2) is 46.9 Å². The number of carbonyl (C=O) groups excluding carboxylic acids is 2. The molecule has 1 aliphatic rings. The van der Waals surface area contributed by atoms with Gasteiger partial charge < -0.3 is 19.7 Å². The zero-order valence-electron chi connectivity index (χ0n) is 22.3. The average molecular weight is 611 g/mol. The number of nitrogens with one attached hydrogen (secondary N) is 1. The van der Waals surface area contributed by atoms with E-state index in [4.69, 9.17) is 9.47 Å². The molecular weight excluding hydrogens is 574 g/mol. The van der Waals surface area contributed by atoms with Crippen LogP contribution in [0.4, 0.5) is 5.69 Å². The summed E-state index contributed by atoms with van der Waals surface area (Å²) in [5.41, 5.74) is 1.01. The number of rotatable bonds is 11. The van der Waals surface area contributed by atoms with E-state index in [1.165, 1.54) is 25.2 Å². The minimum Gasteiger partial charge on any atom is -0.497 e. The van der Waals surface area contributed by atoms with Gasteiger partial charge in [-0.05, 0) is 49.6 Å². The van der Waals surface area contributed by atoms with E-state index in [1.54, 1.807) is 19.1 Å². The lowest BCUT2D eigenvalue weighted by Gasteiger charge is -2.33. The number of benzene rings is 2. The number of carbonyl (C=O) groups is 2. The molecule has 1 fully saturated rings. The Morgan fingerprint density at radius 1 is 1.05 bits per heavy atom. The predicted molar refractivity (Wildman–Crippen MR) is 151 cm³/mol. The largest absolute Gasteiger partial charge is 0.497 e. The van der Waals surface area contributed by atoms with Crippen molar-refractivity contribution in [2.45, 2.75) is 57.7 Å². The van der Waals surface area contributed by atoms with E-state index in [0.29, 0.717) is 5.75 Å². The highest BCUT2D eigenvalue weighted by atomic mass is 79.9. The highest BCUT2D eigenvalue weighted by molar-refractivity contribution is 9.10. The molecule has 208 valence electrons. The number of hydrogen-bond donors (Lipinski definition) is 1. The maximum absolute atomic E-state index is 13.8. The van der Waals surface area contributed by atoms with E-state index in [0.717, 1.165) is 52.7 Å². The molecule has 0 unspecified atom stereocenters. The number of amides is 2. The van der Waals surface area contributed by atoms with Crippen molar-refractivity contribution < 1.29 is 27.5 Å². The molecule has 2 aromatic rings. The first kappa shape index (κ1) is 29.8. The third-order valence-electron chi connectivity index (χ3n) is 6.72. The van der Waals surface area contributed by atoms with Crippen LogP contribution in [0.1, 0.15) is 44.6 Å². The fraction of sp³-hybridized carbons (Fsp3) is 0.481. The molecule has 1 saturated carbocycles. The summed E-state index contributed by atoms with van der Waals surface area (Å²) < 4.78 is 38.2. The third kappa shape index (κ3) is 7.86. The summed E-state index contributed by atoms with van der Waals surface area (Å²) in [6.45, 7) is 1.31. The Balaban J connectivity index is 1.91. The van der Waals surface area contributed by atoms with E-state index in [-0.39, 0.29) is 29.9 Å². The van der Waals surface area contributed by atoms with Crippen LogP contribution in [-0.4, -0.2) is 64.2 Å². The van der Waals surface area contributed by atoms with Gasteiger partial charge >= 0.3 is 0 Å². The highest BCUT2D eigenvalue weighted by Gasteiger charge is 2.32. The molecule has 1 N–H and O–H groups in total. The molecular formula is C27H36BrN3O6S. The molecule has 0 bridgehead atoms. The summed E-state index contributed by atoms with van der Waals surface area (Å²) in [5, 5.41) is 3.09. The lowest BCUT2D eigenvalue weighted by atomic mass is 9.95. The summed E-state index contributed by atoms with van der Waals surface area (Å²) in [4.78, 5) is 28.4. The number of anilines is 1. The molecule has 9 nitrogen and oxygen atoms in total. The molecule has 0 saturated heterocycles. The third-order valence-corrected chi connectivity index (χ3v) is 8.37. The smallest absolute Gasteiger partial charge is 0.244 e. The number of halogens is 1. The number of sulfonamides is 1. The van der Waals surface area contributed by atoms with E-state index >= 15 is 0 Å². The minimum atomic E-state index is -3.89. The minimum absolute atomic E-state index is 0.0828. The van der Waals surface area contributed by atoms with Gasteiger partial charge in [-0.1, -0.05) is 47.3 Å². The van der Waals surface area contributed by atoms with Crippen molar-refractivity contribution in [2.75, 3.05) is 31.3 Å². The monoisotopic (exact) mass is 609 g/mol. The zero-order chi connectivity index (χ0) is 27.9. The van der Waals surface area contributed by atoms with Gasteiger partial charge in [-0.3, -0.25) is 13.9 Å². The quantitative estimate of drug-likeness (QED) is 0.411. The van der Waals surface area contributed by atoms with Crippen molar-refractivity contribution in [3.8, 4) is 11.5 Å². The Bertz CT molecular complexity index is 1220. The number of methoxy groups -OCH3 is 2. The van der Waals surface area contributed by atoms with Gasteiger partial charge in [-0.15, -0.1) is 0 Å². The zero-order valence-corrected chi connectivity index (χ0v) is 24.7. The molecule has 1 atom stereocenters. The maximum Gasteiger partial charge on any atom is 0.244 e. The Hall–Kier alpha value is -2.79. The molecule has 0 radical (unpaired) electrons. The van der Waals surface area contributed by atoms with Crippen LogP contribution >= 0.6 is 15.9 Å². The predicted octanol–water partition coefficient (Wildman–Crippen LogP) is 4.10. The summed E-state index contributed by atoms with van der Waals surface area (Å²) in [6.07, 6.45) is 6.15. The summed E-state index contributed by atoms with van der Waals surface area (Å²) in [6, 6.07) is 11.4. The molecule has 0 aliphatic heterocycles. The lowest BCUT2D eigenvalue weighted by molar-refractivity contribution is -0.139. The number of ether oxygens (including phenoxy) is 2. The Morgan fingerprint density at radius 2 is 1.71 bits per heavy atom. The number of hydrogen-bond acceptors (Lipinski definition) is 6. The van der Waals surface area contributed by atoms with E-state index in [2.05, 4.69) is 21.2 Å². The second kappa shape index (κ2) is 13.3. The Kier molecular flexibility index (Phi) is 10.4.